The van der Waals surface area contributed by atoms with E-state index in [9.17, 15) is 9.50 Å². The van der Waals surface area contributed by atoms with Crippen LogP contribution in [0.4, 0.5) is 4.39 Å². The number of benzene rings is 1. The summed E-state index contributed by atoms with van der Waals surface area (Å²) in [6, 6.07) is 6.38. The SMILES string of the molecule is N#CCCCn1c(CO)nc2ccc(F)cc21. The highest BCUT2D eigenvalue weighted by molar-refractivity contribution is 5.76. The first-order chi connectivity index (χ1) is 8.26. The highest BCUT2D eigenvalue weighted by Gasteiger charge is 2.10. The van der Waals surface area contributed by atoms with E-state index in [1.54, 1.807) is 10.6 Å². The van der Waals surface area contributed by atoms with Crippen LogP contribution in [-0.4, -0.2) is 14.7 Å². The molecule has 1 aromatic carbocycles. The summed E-state index contributed by atoms with van der Waals surface area (Å²) in [7, 11) is 0. The van der Waals surface area contributed by atoms with Crippen molar-refractivity contribution in [2.24, 2.45) is 0 Å². The molecular formula is C12H12FN3O. The molecule has 0 spiro atoms. The molecule has 1 aromatic heterocycles. The number of aromatic nitrogens is 2. The Hall–Kier alpha value is -1.93. The van der Waals surface area contributed by atoms with Gasteiger partial charge in [-0.3, -0.25) is 0 Å². The maximum Gasteiger partial charge on any atom is 0.135 e. The summed E-state index contributed by atoms with van der Waals surface area (Å²) < 4.78 is 14.9. The lowest BCUT2D eigenvalue weighted by molar-refractivity contribution is 0.265. The first-order valence-electron chi connectivity index (χ1n) is 5.38. The van der Waals surface area contributed by atoms with Gasteiger partial charge in [0.2, 0.25) is 0 Å². The number of unbranched alkanes of at least 4 members (excludes halogenated alkanes) is 1. The quantitative estimate of drug-likeness (QED) is 0.821. The van der Waals surface area contributed by atoms with Crippen molar-refractivity contribution in [2.45, 2.75) is 26.0 Å². The maximum absolute atomic E-state index is 13.2. The molecule has 0 aliphatic carbocycles. The van der Waals surface area contributed by atoms with Crippen LogP contribution in [0, 0.1) is 17.1 Å². The largest absolute Gasteiger partial charge is 0.388 e. The molecule has 17 heavy (non-hydrogen) atoms. The molecule has 0 bridgehead atoms. The second-order valence-electron chi connectivity index (χ2n) is 3.73. The fourth-order valence-corrected chi connectivity index (χ4v) is 1.83. The highest BCUT2D eigenvalue weighted by atomic mass is 19.1. The molecule has 5 heteroatoms. The van der Waals surface area contributed by atoms with Crippen molar-refractivity contribution in [1.82, 2.24) is 9.55 Å². The van der Waals surface area contributed by atoms with E-state index < -0.39 is 0 Å². The Morgan fingerprint density at radius 2 is 2.29 bits per heavy atom. The van der Waals surface area contributed by atoms with Gasteiger partial charge in [0.25, 0.3) is 0 Å². The second-order valence-corrected chi connectivity index (χ2v) is 3.73. The number of imidazole rings is 1. The van der Waals surface area contributed by atoms with Crippen molar-refractivity contribution < 1.29 is 9.50 Å². The van der Waals surface area contributed by atoms with Crippen LogP contribution in [0.3, 0.4) is 0 Å². The number of rotatable bonds is 4. The van der Waals surface area contributed by atoms with E-state index in [0.29, 0.717) is 36.2 Å². The summed E-state index contributed by atoms with van der Waals surface area (Å²) in [6.07, 6.45) is 1.09. The summed E-state index contributed by atoms with van der Waals surface area (Å²) in [5.74, 6) is 0.173. The van der Waals surface area contributed by atoms with E-state index >= 15 is 0 Å². The standard InChI is InChI=1S/C12H12FN3O/c13-9-3-4-10-11(7-9)16(6-2-1-5-14)12(8-17)15-10/h3-4,7,17H,1-2,6,8H2. The third-order valence-corrected chi connectivity index (χ3v) is 2.60. The maximum atomic E-state index is 13.2. The van der Waals surface area contributed by atoms with Crippen LogP contribution in [0.15, 0.2) is 18.2 Å². The van der Waals surface area contributed by atoms with E-state index in [-0.39, 0.29) is 12.4 Å². The van der Waals surface area contributed by atoms with Crippen LogP contribution in [0.25, 0.3) is 11.0 Å². The van der Waals surface area contributed by atoms with Crippen molar-refractivity contribution in [2.75, 3.05) is 0 Å². The molecule has 2 rings (SSSR count). The molecule has 0 radical (unpaired) electrons. The van der Waals surface area contributed by atoms with Crippen LogP contribution in [-0.2, 0) is 13.2 Å². The van der Waals surface area contributed by atoms with E-state index in [2.05, 4.69) is 11.1 Å². The van der Waals surface area contributed by atoms with Crippen molar-refractivity contribution in [1.29, 1.82) is 5.26 Å². The first-order valence-corrected chi connectivity index (χ1v) is 5.38. The predicted molar refractivity (Wildman–Crippen MR) is 60.5 cm³/mol. The Morgan fingerprint density at radius 3 is 3.00 bits per heavy atom. The van der Waals surface area contributed by atoms with Gasteiger partial charge in [-0.1, -0.05) is 0 Å². The lowest BCUT2D eigenvalue weighted by Crippen LogP contribution is -2.03. The van der Waals surface area contributed by atoms with Crippen molar-refractivity contribution in [3.63, 3.8) is 0 Å². The fraction of sp³-hybridized carbons (Fsp3) is 0.333. The van der Waals surface area contributed by atoms with Gasteiger partial charge in [-0.05, 0) is 24.6 Å². The molecule has 0 atom stereocenters. The van der Waals surface area contributed by atoms with Crippen LogP contribution < -0.4 is 0 Å². The minimum absolute atomic E-state index is 0.192. The second kappa shape index (κ2) is 4.93. The number of hydrogen-bond donors (Lipinski definition) is 1. The molecule has 0 unspecified atom stereocenters. The summed E-state index contributed by atoms with van der Waals surface area (Å²) in [5.41, 5.74) is 1.32. The van der Waals surface area contributed by atoms with Crippen LogP contribution >= 0.6 is 0 Å². The molecule has 0 aliphatic heterocycles. The molecule has 1 N–H and O–H groups in total. The first kappa shape index (κ1) is 11.6. The third-order valence-electron chi connectivity index (χ3n) is 2.60. The van der Waals surface area contributed by atoms with Gasteiger partial charge < -0.3 is 9.67 Å². The van der Waals surface area contributed by atoms with E-state index in [1.165, 1.54) is 12.1 Å². The van der Waals surface area contributed by atoms with Crippen LogP contribution in [0.1, 0.15) is 18.7 Å². The minimum Gasteiger partial charge on any atom is -0.388 e. The number of nitrogens with zero attached hydrogens (tertiary/aromatic N) is 3. The Kier molecular flexibility index (Phi) is 3.35. The Labute approximate surface area is 97.9 Å². The number of nitriles is 1. The predicted octanol–water partition coefficient (Wildman–Crippen LogP) is 1.97. The lowest BCUT2D eigenvalue weighted by atomic mass is 10.3. The van der Waals surface area contributed by atoms with Crippen molar-refractivity contribution in [3.05, 3.63) is 29.8 Å². The monoisotopic (exact) mass is 233 g/mol. The van der Waals surface area contributed by atoms with E-state index in [0.717, 1.165) is 0 Å². The minimum atomic E-state index is -0.330. The summed E-state index contributed by atoms with van der Waals surface area (Å²) in [6.45, 7) is 0.367. The zero-order valence-electron chi connectivity index (χ0n) is 9.23. The highest BCUT2D eigenvalue weighted by Crippen LogP contribution is 2.18. The summed E-state index contributed by atoms with van der Waals surface area (Å²) in [4.78, 5) is 4.21. The molecule has 0 amide bonds. The van der Waals surface area contributed by atoms with Gasteiger partial charge in [0.1, 0.15) is 18.2 Å². The zero-order chi connectivity index (χ0) is 12.3. The number of aliphatic hydroxyl groups is 1. The molecule has 2 aromatic rings. The average molecular weight is 233 g/mol. The number of fused-ring (bicyclic) bond motifs is 1. The van der Waals surface area contributed by atoms with Gasteiger partial charge >= 0.3 is 0 Å². The van der Waals surface area contributed by atoms with Gasteiger partial charge in [0, 0.05) is 13.0 Å². The molecule has 0 saturated heterocycles. The zero-order valence-corrected chi connectivity index (χ0v) is 9.23. The Morgan fingerprint density at radius 1 is 1.47 bits per heavy atom. The summed E-state index contributed by atoms with van der Waals surface area (Å²) >= 11 is 0. The number of aliphatic hydroxyl groups excluding tert-OH is 1. The molecule has 88 valence electrons. The van der Waals surface area contributed by atoms with Crippen molar-refractivity contribution >= 4 is 11.0 Å². The van der Waals surface area contributed by atoms with Crippen LogP contribution in [0.5, 0.6) is 0 Å². The van der Waals surface area contributed by atoms with Crippen LogP contribution in [0.2, 0.25) is 0 Å². The van der Waals surface area contributed by atoms with E-state index in [4.69, 9.17) is 5.26 Å². The molecule has 0 aliphatic rings. The molecule has 0 fully saturated rings. The van der Waals surface area contributed by atoms with E-state index in [1.807, 2.05) is 0 Å². The number of aryl methyl sites for hydroxylation is 1. The van der Waals surface area contributed by atoms with Gasteiger partial charge in [-0.2, -0.15) is 5.26 Å². The average Bonchev–Trinajstić information content (AvgIpc) is 2.67. The third kappa shape index (κ3) is 2.27. The topological polar surface area (TPSA) is 61.8 Å². The molecule has 1 heterocycles. The van der Waals surface area contributed by atoms with Gasteiger partial charge in [0.15, 0.2) is 0 Å². The van der Waals surface area contributed by atoms with Gasteiger partial charge in [0.05, 0.1) is 17.1 Å². The lowest BCUT2D eigenvalue weighted by Gasteiger charge is -2.05. The van der Waals surface area contributed by atoms with Gasteiger partial charge in [-0.25, -0.2) is 9.37 Å². The summed E-state index contributed by atoms with van der Waals surface area (Å²) in [5, 5.41) is 17.7. The molecular weight excluding hydrogens is 221 g/mol. The van der Waals surface area contributed by atoms with Gasteiger partial charge in [-0.15, -0.1) is 0 Å². The normalized spacial score (nSPS) is 10.6. The smallest absolute Gasteiger partial charge is 0.135 e. The molecule has 4 nitrogen and oxygen atoms in total. The number of halogens is 1. The Bertz CT molecular complexity index is 571. The Balaban J connectivity index is 2.42. The number of hydrogen-bond acceptors (Lipinski definition) is 3. The van der Waals surface area contributed by atoms with Crippen molar-refractivity contribution in [3.8, 4) is 6.07 Å². The fourth-order valence-electron chi connectivity index (χ4n) is 1.83. The molecule has 0 saturated carbocycles.